The van der Waals surface area contributed by atoms with Crippen molar-refractivity contribution in [3.8, 4) is 0 Å². The van der Waals surface area contributed by atoms with Crippen LogP contribution >= 0.6 is 0 Å². The van der Waals surface area contributed by atoms with Gasteiger partial charge in [-0.1, -0.05) is 19.9 Å². The zero-order chi connectivity index (χ0) is 30.8. The van der Waals surface area contributed by atoms with Gasteiger partial charge in [-0.15, -0.1) is 0 Å². The van der Waals surface area contributed by atoms with Gasteiger partial charge in [-0.25, -0.2) is 4.79 Å². The van der Waals surface area contributed by atoms with Crippen LogP contribution < -0.4 is 5.32 Å². The Balaban J connectivity index is 1.33. The van der Waals surface area contributed by atoms with Crippen molar-refractivity contribution in [2.24, 2.45) is 11.3 Å². The monoisotopic (exact) mass is 610 g/mol. The number of benzene rings is 1. The van der Waals surface area contributed by atoms with Crippen LogP contribution in [-0.4, -0.2) is 111 Å². The number of nitrogens with zero attached hydrogens (tertiary/aromatic N) is 3. The number of halogens is 3. The summed E-state index contributed by atoms with van der Waals surface area (Å²) in [4.78, 5) is 33.2. The number of alkyl halides is 3. The maximum atomic E-state index is 14.4. The average molecular weight is 611 g/mol. The smallest absolute Gasteiger partial charge is 0.416 e. The van der Waals surface area contributed by atoms with E-state index in [1.807, 2.05) is 0 Å². The van der Waals surface area contributed by atoms with Crippen molar-refractivity contribution < 1.29 is 37.0 Å². The summed E-state index contributed by atoms with van der Waals surface area (Å²) in [5.41, 5.74) is -0.161. The van der Waals surface area contributed by atoms with E-state index in [0.717, 1.165) is 31.1 Å². The minimum atomic E-state index is -4.45. The number of hydrogen-bond acceptors (Lipinski definition) is 7. The number of rotatable bonds is 9. The van der Waals surface area contributed by atoms with Crippen LogP contribution in [0.2, 0.25) is 0 Å². The molecule has 2 unspecified atom stereocenters. The predicted molar refractivity (Wildman–Crippen MR) is 153 cm³/mol. The molecule has 4 aliphatic rings. The quantitative estimate of drug-likeness (QED) is 0.458. The summed E-state index contributed by atoms with van der Waals surface area (Å²) in [7, 11) is 1.67. The average Bonchev–Trinajstić information content (AvgIpc) is 3.53. The van der Waals surface area contributed by atoms with Gasteiger partial charge in [0.1, 0.15) is 6.61 Å². The van der Waals surface area contributed by atoms with Crippen LogP contribution in [0.5, 0.6) is 0 Å². The first kappa shape index (κ1) is 32.0. The lowest BCUT2D eigenvalue weighted by molar-refractivity contribution is -0.143. The zero-order valence-electron chi connectivity index (χ0n) is 25.5. The highest BCUT2D eigenvalue weighted by Gasteiger charge is 2.60. The normalized spacial score (nSPS) is 29.1. The Morgan fingerprint density at radius 2 is 1.98 bits per heavy atom. The highest BCUT2D eigenvalue weighted by molar-refractivity contribution is 5.86. The number of methoxy groups -OCH3 is 1. The van der Waals surface area contributed by atoms with Crippen molar-refractivity contribution in [1.29, 1.82) is 0 Å². The minimum absolute atomic E-state index is 0.0458. The molecule has 2 saturated heterocycles. The molecule has 1 saturated carbocycles. The highest BCUT2D eigenvalue weighted by Crippen LogP contribution is 2.51. The van der Waals surface area contributed by atoms with Gasteiger partial charge in [0.25, 0.3) is 0 Å². The second-order valence-electron chi connectivity index (χ2n) is 12.4. The van der Waals surface area contributed by atoms with Crippen molar-refractivity contribution in [2.45, 2.75) is 70.4 Å². The second-order valence-corrected chi connectivity index (χ2v) is 12.4. The summed E-state index contributed by atoms with van der Waals surface area (Å²) >= 11 is 0. The van der Waals surface area contributed by atoms with Gasteiger partial charge in [0.05, 0.1) is 23.7 Å². The number of amides is 2. The third kappa shape index (κ3) is 6.82. The van der Waals surface area contributed by atoms with E-state index in [4.69, 9.17) is 14.2 Å². The van der Waals surface area contributed by atoms with Gasteiger partial charge in [-0.05, 0) is 68.0 Å². The number of carbonyl (C=O) groups excluding carboxylic acids is 2. The first-order valence-electron chi connectivity index (χ1n) is 15.6. The summed E-state index contributed by atoms with van der Waals surface area (Å²) < 4.78 is 57.2. The topological polar surface area (TPSA) is 83.6 Å². The number of ether oxygens (including phenoxy) is 3. The number of hydrogen-bond donors (Lipinski definition) is 1. The molecule has 3 heterocycles. The molecular formula is C31H45F3N4O5. The van der Waals surface area contributed by atoms with Gasteiger partial charge < -0.3 is 34.2 Å². The van der Waals surface area contributed by atoms with E-state index >= 15 is 0 Å². The molecule has 240 valence electrons. The van der Waals surface area contributed by atoms with Crippen molar-refractivity contribution in [2.75, 3.05) is 66.2 Å². The van der Waals surface area contributed by atoms with E-state index in [2.05, 4.69) is 24.1 Å². The molecule has 43 heavy (non-hydrogen) atoms. The van der Waals surface area contributed by atoms with Crippen LogP contribution in [-0.2, 0) is 38.1 Å². The largest absolute Gasteiger partial charge is 0.448 e. The molecule has 5 rings (SSSR count). The molecule has 12 heteroatoms. The number of carbonyl (C=O) groups is 2. The van der Waals surface area contributed by atoms with Crippen molar-refractivity contribution in [1.82, 2.24) is 20.0 Å². The van der Waals surface area contributed by atoms with Crippen LogP contribution in [0, 0.1) is 11.3 Å². The van der Waals surface area contributed by atoms with E-state index in [-0.39, 0.29) is 49.7 Å². The van der Waals surface area contributed by atoms with Crippen molar-refractivity contribution in [3.05, 3.63) is 34.9 Å². The fraction of sp³-hybridized carbons (Fsp3) is 0.742. The molecular weight excluding hydrogens is 565 g/mol. The second kappa shape index (κ2) is 13.3. The molecule has 2 amide bonds. The Morgan fingerprint density at radius 3 is 2.70 bits per heavy atom. The van der Waals surface area contributed by atoms with Crippen molar-refractivity contribution >= 4 is 12.0 Å². The third-order valence-electron chi connectivity index (χ3n) is 9.98. The van der Waals surface area contributed by atoms with Gasteiger partial charge in [0, 0.05) is 58.5 Å². The molecule has 3 fully saturated rings. The molecule has 1 aromatic carbocycles. The Morgan fingerprint density at radius 1 is 1.19 bits per heavy atom. The molecule has 0 radical (unpaired) electrons. The Kier molecular flexibility index (Phi) is 9.89. The molecule has 5 atom stereocenters. The highest BCUT2D eigenvalue weighted by atomic mass is 19.4. The molecule has 3 aliphatic heterocycles. The molecule has 0 spiro atoms. The molecule has 0 bridgehead atoms. The summed E-state index contributed by atoms with van der Waals surface area (Å²) in [5, 5.41) is 3.73. The maximum Gasteiger partial charge on any atom is 0.416 e. The van der Waals surface area contributed by atoms with Gasteiger partial charge in [-0.3, -0.25) is 4.79 Å². The minimum Gasteiger partial charge on any atom is -0.448 e. The summed E-state index contributed by atoms with van der Waals surface area (Å²) in [5.74, 6) is -0.171. The lowest BCUT2D eigenvalue weighted by Gasteiger charge is -2.38. The summed E-state index contributed by atoms with van der Waals surface area (Å²) in [6.07, 6.45) is -2.39. The Labute approximate surface area is 252 Å². The molecule has 1 aromatic rings. The fourth-order valence-electron chi connectivity index (χ4n) is 7.52. The number of likely N-dealkylation sites (tertiary alicyclic amines) is 1. The van der Waals surface area contributed by atoms with Crippen LogP contribution in [0.4, 0.5) is 18.0 Å². The van der Waals surface area contributed by atoms with Gasteiger partial charge in [0.2, 0.25) is 5.91 Å². The number of nitrogens with one attached hydrogen (secondary N) is 1. The van der Waals surface area contributed by atoms with E-state index in [0.29, 0.717) is 57.7 Å². The third-order valence-corrected chi connectivity index (χ3v) is 9.98. The number of likely N-dealkylation sites (N-methyl/N-ethyl adjacent to an activating group) is 1. The molecule has 1 N–H and O–H groups in total. The number of fused-ring (bicyclic) bond motifs is 2. The Hall–Kier alpha value is -2.41. The van der Waals surface area contributed by atoms with Crippen LogP contribution in [0.25, 0.3) is 0 Å². The summed E-state index contributed by atoms with van der Waals surface area (Å²) in [6.45, 7) is 9.14. The lowest BCUT2D eigenvalue weighted by Crippen LogP contribution is -2.52. The standard InChI is InChI=1S/C31H45F3N4O5/c1-4-36(5-2)11-13-43-29(40)38-18-24-15-25(35-26-9-12-42-19-27(26)41-3)16-30(24,20-38)28(39)37-10-8-21-6-7-23(31(32,33)34)14-22(21)17-37/h6-7,14,24-27,35H,4-5,8-13,15-20H2,1-3H3/t24-,25+,26?,27?,30-/m0/s1. The van der Waals surface area contributed by atoms with E-state index in [9.17, 15) is 22.8 Å². The van der Waals surface area contributed by atoms with E-state index in [1.165, 1.54) is 12.1 Å². The van der Waals surface area contributed by atoms with E-state index < -0.39 is 23.2 Å². The molecule has 9 nitrogen and oxygen atoms in total. The lowest BCUT2D eigenvalue weighted by atomic mass is 9.78. The first-order valence-corrected chi connectivity index (χ1v) is 15.6. The van der Waals surface area contributed by atoms with Gasteiger partial charge in [-0.2, -0.15) is 13.2 Å². The molecule has 1 aliphatic carbocycles. The fourth-order valence-corrected chi connectivity index (χ4v) is 7.52. The summed E-state index contributed by atoms with van der Waals surface area (Å²) in [6, 6.07) is 3.96. The Bertz CT molecular complexity index is 1150. The van der Waals surface area contributed by atoms with Crippen LogP contribution in [0.1, 0.15) is 49.8 Å². The van der Waals surface area contributed by atoms with Gasteiger partial charge >= 0.3 is 12.3 Å². The zero-order valence-corrected chi connectivity index (χ0v) is 25.5. The SMILES string of the molecule is CCN(CC)CCOC(=O)N1C[C@@H]2C[C@@H](NC3CCOCC3OC)C[C@]2(C(=O)N2CCc3ccc(C(F)(F)F)cc3C2)C1. The maximum absolute atomic E-state index is 14.4. The van der Waals surface area contributed by atoms with Crippen LogP contribution in [0.3, 0.4) is 0 Å². The predicted octanol–water partition coefficient (Wildman–Crippen LogP) is 3.54. The van der Waals surface area contributed by atoms with Crippen molar-refractivity contribution in [3.63, 3.8) is 0 Å². The first-order chi connectivity index (χ1) is 20.6. The van der Waals surface area contributed by atoms with Gasteiger partial charge in [0.15, 0.2) is 0 Å². The van der Waals surface area contributed by atoms with E-state index in [1.54, 1.807) is 16.9 Å². The van der Waals surface area contributed by atoms with Crippen LogP contribution in [0.15, 0.2) is 18.2 Å². The molecule has 0 aromatic heterocycles.